The van der Waals surface area contributed by atoms with Gasteiger partial charge in [0.25, 0.3) is 0 Å². The van der Waals surface area contributed by atoms with E-state index in [2.05, 4.69) is 33.0 Å². The van der Waals surface area contributed by atoms with Gasteiger partial charge in [-0.25, -0.2) is 4.79 Å². The number of nitrogens with zero attached hydrogens (tertiary/aromatic N) is 1. The molecule has 1 fully saturated rings. The summed E-state index contributed by atoms with van der Waals surface area (Å²) in [5.41, 5.74) is 0. The van der Waals surface area contributed by atoms with Crippen LogP contribution < -0.4 is 5.32 Å². The Balaban J connectivity index is 2.33. The number of carbonyl (C=O) groups is 1. The topological polar surface area (TPSA) is 32.3 Å². The van der Waals surface area contributed by atoms with Crippen molar-refractivity contribution in [2.24, 2.45) is 11.8 Å². The highest BCUT2D eigenvalue weighted by molar-refractivity contribution is 5.74. The molecule has 0 aromatic rings. The normalized spacial score (nSPS) is 23.3. The van der Waals surface area contributed by atoms with Crippen LogP contribution in [0.4, 0.5) is 4.79 Å². The van der Waals surface area contributed by atoms with Gasteiger partial charge in [0.2, 0.25) is 0 Å². The summed E-state index contributed by atoms with van der Waals surface area (Å²) >= 11 is 0. The number of hydrogen-bond donors (Lipinski definition) is 1. The summed E-state index contributed by atoms with van der Waals surface area (Å²) in [7, 11) is 0. The minimum Gasteiger partial charge on any atom is -0.336 e. The summed E-state index contributed by atoms with van der Waals surface area (Å²) < 4.78 is 0. The molecule has 1 rings (SSSR count). The van der Waals surface area contributed by atoms with E-state index in [4.69, 9.17) is 0 Å². The molecule has 3 heteroatoms. The molecule has 16 heavy (non-hydrogen) atoms. The highest BCUT2D eigenvalue weighted by Crippen LogP contribution is 2.15. The second-order valence-corrected chi connectivity index (χ2v) is 5.67. The summed E-state index contributed by atoms with van der Waals surface area (Å²) in [6, 6.07) is 0.407. The quantitative estimate of drug-likeness (QED) is 0.788. The van der Waals surface area contributed by atoms with Crippen molar-refractivity contribution in [3.63, 3.8) is 0 Å². The first-order valence-corrected chi connectivity index (χ1v) is 6.54. The third kappa shape index (κ3) is 4.42. The smallest absolute Gasteiger partial charge is 0.317 e. The van der Waals surface area contributed by atoms with Gasteiger partial charge in [-0.05, 0) is 38.0 Å². The zero-order valence-electron chi connectivity index (χ0n) is 11.1. The van der Waals surface area contributed by atoms with Crippen LogP contribution in [0.1, 0.15) is 47.0 Å². The number of carbonyl (C=O) groups excluding carboxylic acids is 1. The van der Waals surface area contributed by atoms with E-state index in [1.165, 1.54) is 6.42 Å². The van der Waals surface area contributed by atoms with Crippen LogP contribution in [0.25, 0.3) is 0 Å². The predicted octanol–water partition coefficient (Wildman–Crippen LogP) is 2.86. The lowest BCUT2D eigenvalue weighted by Gasteiger charge is -2.32. The van der Waals surface area contributed by atoms with Crippen molar-refractivity contribution < 1.29 is 4.79 Å². The Morgan fingerprint density at radius 3 is 2.69 bits per heavy atom. The van der Waals surface area contributed by atoms with Gasteiger partial charge in [-0.2, -0.15) is 0 Å². The van der Waals surface area contributed by atoms with Gasteiger partial charge in [-0.3, -0.25) is 0 Å². The molecular formula is C13H26N2O. The van der Waals surface area contributed by atoms with Gasteiger partial charge in [0.15, 0.2) is 0 Å². The van der Waals surface area contributed by atoms with Gasteiger partial charge < -0.3 is 10.2 Å². The Kier molecular flexibility index (Phi) is 5.10. The molecule has 0 radical (unpaired) electrons. The number of hydrogen-bond acceptors (Lipinski definition) is 1. The first-order valence-electron chi connectivity index (χ1n) is 6.54. The molecular weight excluding hydrogens is 200 g/mol. The van der Waals surface area contributed by atoms with Crippen molar-refractivity contribution in [3.05, 3.63) is 0 Å². The Morgan fingerprint density at radius 2 is 2.12 bits per heavy atom. The lowest BCUT2D eigenvalue weighted by Crippen LogP contribution is -2.47. The van der Waals surface area contributed by atoms with Crippen LogP contribution in [0.15, 0.2) is 0 Å². The fraction of sp³-hybridized carbons (Fsp3) is 0.923. The van der Waals surface area contributed by atoms with Gasteiger partial charge >= 0.3 is 6.03 Å². The minimum atomic E-state index is 0.125. The molecule has 1 aliphatic rings. The van der Waals surface area contributed by atoms with Crippen LogP contribution in [0.5, 0.6) is 0 Å². The van der Waals surface area contributed by atoms with E-state index in [1.807, 2.05) is 4.90 Å². The van der Waals surface area contributed by atoms with Crippen LogP contribution in [-0.4, -0.2) is 30.1 Å². The molecule has 0 spiro atoms. The highest BCUT2D eigenvalue weighted by Gasteiger charge is 2.21. The number of piperidine rings is 1. The van der Waals surface area contributed by atoms with E-state index in [0.29, 0.717) is 11.8 Å². The molecule has 2 unspecified atom stereocenters. The molecule has 0 aromatic carbocycles. The Labute approximate surface area is 99.6 Å². The Morgan fingerprint density at radius 1 is 1.44 bits per heavy atom. The maximum absolute atomic E-state index is 12.0. The van der Waals surface area contributed by atoms with Crippen molar-refractivity contribution in [2.75, 3.05) is 13.1 Å². The standard InChI is InChI=1S/C13H26N2O/c1-10(2)8-12(4)14-13(16)15-7-5-6-11(3)9-15/h10-12H,5-9H2,1-4H3,(H,14,16). The van der Waals surface area contributed by atoms with Gasteiger partial charge in [0, 0.05) is 19.1 Å². The average Bonchev–Trinajstić information content (AvgIpc) is 2.16. The first-order chi connectivity index (χ1) is 7.49. The number of likely N-dealkylation sites (tertiary alicyclic amines) is 1. The first kappa shape index (κ1) is 13.3. The van der Waals surface area contributed by atoms with E-state index in [0.717, 1.165) is 25.9 Å². The van der Waals surface area contributed by atoms with Crippen molar-refractivity contribution >= 4 is 6.03 Å². The SMILES string of the molecule is CC(C)CC(C)NC(=O)N1CCCC(C)C1. The molecule has 0 bridgehead atoms. The van der Waals surface area contributed by atoms with Crippen molar-refractivity contribution in [3.8, 4) is 0 Å². The molecule has 2 atom stereocenters. The van der Waals surface area contributed by atoms with E-state index in [-0.39, 0.29) is 12.1 Å². The van der Waals surface area contributed by atoms with Crippen LogP contribution in [0.2, 0.25) is 0 Å². The number of amides is 2. The molecule has 0 aromatic heterocycles. The van der Waals surface area contributed by atoms with Gasteiger partial charge in [0.1, 0.15) is 0 Å². The van der Waals surface area contributed by atoms with Gasteiger partial charge in [0.05, 0.1) is 0 Å². The van der Waals surface area contributed by atoms with E-state index in [1.54, 1.807) is 0 Å². The average molecular weight is 226 g/mol. The highest BCUT2D eigenvalue weighted by atomic mass is 16.2. The number of nitrogens with one attached hydrogen (secondary N) is 1. The summed E-state index contributed by atoms with van der Waals surface area (Å²) in [6.45, 7) is 10.5. The maximum Gasteiger partial charge on any atom is 0.317 e. The summed E-state index contributed by atoms with van der Waals surface area (Å²) in [5, 5.41) is 3.09. The summed E-state index contributed by atoms with van der Waals surface area (Å²) in [4.78, 5) is 13.9. The van der Waals surface area contributed by atoms with Crippen LogP contribution in [-0.2, 0) is 0 Å². The van der Waals surface area contributed by atoms with E-state index >= 15 is 0 Å². The molecule has 1 aliphatic heterocycles. The zero-order chi connectivity index (χ0) is 12.1. The Hall–Kier alpha value is -0.730. The number of urea groups is 1. The summed E-state index contributed by atoms with van der Waals surface area (Å²) in [6.07, 6.45) is 3.45. The fourth-order valence-corrected chi connectivity index (χ4v) is 2.44. The minimum absolute atomic E-state index is 0.125. The summed E-state index contributed by atoms with van der Waals surface area (Å²) in [5.74, 6) is 1.29. The number of rotatable bonds is 3. The molecule has 94 valence electrons. The predicted molar refractivity (Wildman–Crippen MR) is 67.4 cm³/mol. The molecule has 1 heterocycles. The molecule has 1 saturated heterocycles. The van der Waals surface area contributed by atoms with Crippen LogP contribution >= 0.6 is 0 Å². The van der Waals surface area contributed by atoms with Crippen molar-refractivity contribution in [1.29, 1.82) is 0 Å². The fourth-order valence-electron chi connectivity index (χ4n) is 2.44. The second-order valence-electron chi connectivity index (χ2n) is 5.67. The van der Waals surface area contributed by atoms with Crippen LogP contribution in [0.3, 0.4) is 0 Å². The molecule has 2 amide bonds. The van der Waals surface area contributed by atoms with Gasteiger partial charge in [-0.1, -0.05) is 20.8 Å². The maximum atomic E-state index is 12.0. The van der Waals surface area contributed by atoms with Crippen molar-refractivity contribution in [1.82, 2.24) is 10.2 Å². The lowest BCUT2D eigenvalue weighted by atomic mass is 10.0. The van der Waals surface area contributed by atoms with Gasteiger partial charge in [-0.15, -0.1) is 0 Å². The van der Waals surface area contributed by atoms with Crippen molar-refractivity contribution in [2.45, 2.75) is 53.0 Å². The molecule has 3 nitrogen and oxygen atoms in total. The van der Waals surface area contributed by atoms with Crippen LogP contribution in [0, 0.1) is 11.8 Å². The Bertz CT molecular complexity index is 228. The van der Waals surface area contributed by atoms with E-state index in [9.17, 15) is 4.79 Å². The monoisotopic (exact) mass is 226 g/mol. The molecule has 1 N–H and O–H groups in total. The molecule has 0 saturated carbocycles. The lowest BCUT2D eigenvalue weighted by molar-refractivity contribution is 0.166. The third-order valence-corrected chi connectivity index (χ3v) is 3.14. The largest absolute Gasteiger partial charge is 0.336 e. The third-order valence-electron chi connectivity index (χ3n) is 3.14. The van der Waals surface area contributed by atoms with E-state index < -0.39 is 0 Å². The zero-order valence-corrected chi connectivity index (χ0v) is 11.1. The molecule has 0 aliphatic carbocycles. The second kappa shape index (κ2) is 6.12.